The number of carboxylic acids is 2. The lowest BCUT2D eigenvalue weighted by Gasteiger charge is -2.22. The van der Waals surface area contributed by atoms with Gasteiger partial charge in [0.25, 0.3) is 0 Å². The molecule has 0 spiro atoms. The van der Waals surface area contributed by atoms with Crippen LogP contribution in [0.1, 0.15) is 6.42 Å². The Kier molecular flexibility index (Phi) is 10.5. The van der Waals surface area contributed by atoms with Crippen LogP contribution in [-0.4, -0.2) is 99.2 Å². The van der Waals surface area contributed by atoms with E-state index in [2.05, 4.69) is 0 Å². The third-order valence-corrected chi connectivity index (χ3v) is 3.16. The zero-order valence-electron chi connectivity index (χ0n) is 14.0. The fraction of sp³-hybridized carbons (Fsp3) is 0.615. The third kappa shape index (κ3) is 8.41. The van der Waals surface area contributed by atoms with E-state index in [1.807, 2.05) is 16.0 Å². The second-order valence-electron chi connectivity index (χ2n) is 5.27. The standard InChI is InChI=1S/C13H22N4O10/c14-5(2-18)10(23)16-7(3-19)12(25)17-8(4-20)11(24)15-6(13(26)27)1-9(21)22/h5-8,18-20H,1-4,14H2,(H,15,24)(H,16,23)(H,17,25)(H,21,22)(H,26,27). The second-order valence-corrected chi connectivity index (χ2v) is 5.27. The van der Waals surface area contributed by atoms with Gasteiger partial charge >= 0.3 is 11.9 Å². The van der Waals surface area contributed by atoms with Crippen LogP contribution >= 0.6 is 0 Å². The highest BCUT2D eigenvalue weighted by molar-refractivity contribution is 5.94. The average Bonchev–Trinajstić information content (AvgIpc) is 2.61. The maximum absolute atomic E-state index is 12.0. The van der Waals surface area contributed by atoms with Gasteiger partial charge in [0, 0.05) is 0 Å². The monoisotopic (exact) mass is 394 g/mol. The molecule has 0 saturated carbocycles. The minimum Gasteiger partial charge on any atom is -0.481 e. The zero-order valence-corrected chi connectivity index (χ0v) is 14.0. The van der Waals surface area contributed by atoms with Crippen molar-refractivity contribution in [3.05, 3.63) is 0 Å². The van der Waals surface area contributed by atoms with Gasteiger partial charge in [-0.25, -0.2) is 4.79 Å². The molecule has 0 aromatic rings. The van der Waals surface area contributed by atoms with E-state index in [1.54, 1.807) is 0 Å². The van der Waals surface area contributed by atoms with E-state index in [4.69, 9.17) is 26.2 Å². The average molecular weight is 394 g/mol. The lowest BCUT2D eigenvalue weighted by atomic mass is 10.1. The fourth-order valence-electron chi connectivity index (χ4n) is 1.67. The molecule has 0 radical (unpaired) electrons. The minimum absolute atomic E-state index is 0.729. The predicted molar refractivity (Wildman–Crippen MR) is 84.9 cm³/mol. The van der Waals surface area contributed by atoms with E-state index < -0.39 is 80.1 Å². The molecule has 3 amide bonds. The van der Waals surface area contributed by atoms with Crippen molar-refractivity contribution in [1.82, 2.24) is 16.0 Å². The first kappa shape index (κ1) is 24.2. The smallest absolute Gasteiger partial charge is 0.326 e. The number of carboxylic acid groups (broad SMARTS) is 2. The lowest BCUT2D eigenvalue weighted by Crippen LogP contribution is -2.59. The molecule has 0 saturated heterocycles. The molecule has 0 heterocycles. The first-order valence-electron chi connectivity index (χ1n) is 7.51. The largest absolute Gasteiger partial charge is 0.481 e. The maximum Gasteiger partial charge on any atom is 0.326 e. The molecular weight excluding hydrogens is 372 g/mol. The third-order valence-electron chi connectivity index (χ3n) is 3.16. The van der Waals surface area contributed by atoms with Crippen molar-refractivity contribution in [3.63, 3.8) is 0 Å². The first-order valence-corrected chi connectivity index (χ1v) is 7.51. The van der Waals surface area contributed by atoms with Gasteiger partial charge in [-0.1, -0.05) is 0 Å². The van der Waals surface area contributed by atoms with Crippen LogP contribution < -0.4 is 21.7 Å². The second kappa shape index (κ2) is 11.7. The number of nitrogens with one attached hydrogen (secondary N) is 3. The van der Waals surface area contributed by atoms with Gasteiger partial charge in [0.1, 0.15) is 24.2 Å². The normalized spacial score (nSPS) is 15.0. The Morgan fingerprint density at radius 3 is 1.44 bits per heavy atom. The number of aliphatic hydroxyl groups is 3. The molecule has 0 rings (SSSR count). The summed E-state index contributed by atoms with van der Waals surface area (Å²) in [5, 5.41) is 50.4. The summed E-state index contributed by atoms with van der Waals surface area (Å²) in [4.78, 5) is 57.0. The highest BCUT2D eigenvalue weighted by atomic mass is 16.4. The summed E-state index contributed by atoms with van der Waals surface area (Å²) in [7, 11) is 0. The molecule has 4 unspecified atom stereocenters. The molecule has 0 aromatic heterocycles. The van der Waals surface area contributed by atoms with Crippen molar-refractivity contribution in [3.8, 4) is 0 Å². The van der Waals surface area contributed by atoms with Gasteiger partial charge in [-0.05, 0) is 0 Å². The van der Waals surface area contributed by atoms with Crippen molar-refractivity contribution in [2.75, 3.05) is 19.8 Å². The number of carbonyl (C=O) groups is 5. The van der Waals surface area contributed by atoms with Crippen molar-refractivity contribution in [2.45, 2.75) is 30.6 Å². The Balaban J connectivity index is 4.98. The number of hydrogen-bond acceptors (Lipinski definition) is 9. The first-order chi connectivity index (χ1) is 12.6. The van der Waals surface area contributed by atoms with Crippen LogP contribution in [0.4, 0.5) is 0 Å². The molecule has 14 heteroatoms. The molecule has 154 valence electrons. The summed E-state index contributed by atoms with van der Waals surface area (Å²) in [5.41, 5.74) is 5.24. The molecule has 0 aliphatic rings. The summed E-state index contributed by atoms with van der Waals surface area (Å²) in [6, 6.07) is -6.44. The van der Waals surface area contributed by atoms with Crippen LogP contribution in [0, 0.1) is 0 Å². The summed E-state index contributed by atoms with van der Waals surface area (Å²) < 4.78 is 0. The van der Waals surface area contributed by atoms with Crippen LogP contribution in [0.15, 0.2) is 0 Å². The number of amides is 3. The fourth-order valence-corrected chi connectivity index (χ4v) is 1.67. The maximum atomic E-state index is 12.0. The highest BCUT2D eigenvalue weighted by Crippen LogP contribution is 1.96. The Bertz CT molecular complexity index is 569. The molecule has 10 N–H and O–H groups in total. The molecule has 14 nitrogen and oxygen atoms in total. The summed E-state index contributed by atoms with van der Waals surface area (Å²) in [6.45, 7) is -2.63. The minimum atomic E-state index is -1.81. The van der Waals surface area contributed by atoms with Crippen molar-refractivity contribution in [2.24, 2.45) is 5.73 Å². The SMILES string of the molecule is NC(CO)C(=O)NC(CO)C(=O)NC(CO)C(=O)NC(CC(=O)O)C(=O)O. The number of hydrogen-bond donors (Lipinski definition) is 9. The predicted octanol–water partition coefficient (Wildman–Crippen LogP) is -5.70. The zero-order chi connectivity index (χ0) is 21.1. The molecule has 0 aliphatic carbocycles. The quantitative estimate of drug-likeness (QED) is 0.151. The van der Waals surface area contributed by atoms with Crippen LogP contribution in [0.5, 0.6) is 0 Å². The van der Waals surface area contributed by atoms with Crippen LogP contribution in [-0.2, 0) is 24.0 Å². The van der Waals surface area contributed by atoms with Crippen molar-refractivity contribution >= 4 is 29.7 Å². The van der Waals surface area contributed by atoms with E-state index in [-0.39, 0.29) is 0 Å². The summed E-state index contributed by atoms with van der Waals surface area (Å²) in [5.74, 6) is -6.43. The van der Waals surface area contributed by atoms with Gasteiger partial charge in [0.2, 0.25) is 17.7 Å². The molecule has 0 aromatic carbocycles. The van der Waals surface area contributed by atoms with Crippen LogP contribution in [0.2, 0.25) is 0 Å². The molecular formula is C13H22N4O10. The Labute approximate surface area is 152 Å². The Morgan fingerprint density at radius 2 is 1.11 bits per heavy atom. The van der Waals surface area contributed by atoms with Gasteiger partial charge in [-0.3, -0.25) is 19.2 Å². The Hall–Kier alpha value is -2.81. The number of nitrogens with two attached hydrogens (primary N) is 1. The van der Waals surface area contributed by atoms with E-state index in [0.29, 0.717) is 0 Å². The highest BCUT2D eigenvalue weighted by Gasteiger charge is 2.30. The summed E-state index contributed by atoms with van der Waals surface area (Å²) >= 11 is 0. The van der Waals surface area contributed by atoms with Gasteiger partial charge < -0.3 is 47.2 Å². The molecule has 0 aliphatic heterocycles. The van der Waals surface area contributed by atoms with E-state index in [0.717, 1.165) is 0 Å². The van der Waals surface area contributed by atoms with Gasteiger partial charge in [-0.15, -0.1) is 0 Å². The summed E-state index contributed by atoms with van der Waals surface area (Å²) in [6.07, 6.45) is -0.943. The Morgan fingerprint density at radius 1 is 0.704 bits per heavy atom. The van der Waals surface area contributed by atoms with E-state index in [9.17, 15) is 29.1 Å². The van der Waals surface area contributed by atoms with Gasteiger partial charge in [0.05, 0.1) is 26.2 Å². The number of carbonyl (C=O) groups excluding carboxylic acids is 3. The van der Waals surface area contributed by atoms with Gasteiger partial charge in [-0.2, -0.15) is 0 Å². The molecule has 0 fully saturated rings. The van der Waals surface area contributed by atoms with E-state index >= 15 is 0 Å². The number of aliphatic hydroxyl groups excluding tert-OH is 3. The molecule has 4 atom stereocenters. The van der Waals surface area contributed by atoms with Crippen LogP contribution in [0.3, 0.4) is 0 Å². The molecule has 0 bridgehead atoms. The lowest BCUT2D eigenvalue weighted by molar-refractivity contribution is -0.147. The topological polar surface area (TPSA) is 249 Å². The van der Waals surface area contributed by atoms with Gasteiger partial charge in [0.15, 0.2) is 0 Å². The van der Waals surface area contributed by atoms with Crippen LogP contribution in [0.25, 0.3) is 0 Å². The number of aliphatic carboxylic acids is 2. The molecule has 27 heavy (non-hydrogen) atoms. The van der Waals surface area contributed by atoms with Crippen molar-refractivity contribution in [1.29, 1.82) is 0 Å². The van der Waals surface area contributed by atoms with E-state index in [1.165, 1.54) is 0 Å². The van der Waals surface area contributed by atoms with Crippen molar-refractivity contribution < 1.29 is 49.5 Å². The number of rotatable bonds is 12.